The van der Waals surface area contributed by atoms with Crippen LogP contribution in [0.4, 0.5) is 0 Å². The van der Waals surface area contributed by atoms with Gasteiger partial charge in [0.25, 0.3) is 0 Å². The summed E-state index contributed by atoms with van der Waals surface area (Å²) >= 11 is 1.92. The van der Waals surface area contributed by atoms with E-state index < -0.39 is 0 Å². The molecule has 33 heavy (non-hydrogen) atoms. The molecule has 1 aliphatic carbocycles. The fraction of sp³-hybridized carbons (Fsp3) is 0.310. The summed E-state index contributed by atoms with van der Waals surface area (Å²) < 4.78 is 13.8. The van der Waals surface area contributed by atoms with Crippen molar-refractivity contribution in [2.24, 2.45) is 0 Å². The third kappa shape index (κ3) is 3.01. The first kappa shape index (κ1) is 21.2. The van der Waals surface area contributed by atoms with E-state index in [0.717, 1.165) is 5.46 Å². The van der Waals surface area contributed by atoms with Crippen molar-refractivity contribution < 1.29 is 9.31 Å². The smallest absolute Gasteiger partial charge is 0.399 e. The molecule has 3 aromatic carbocycles. The highest BCUT2D eigenvalue weighted by atomic mass is 32.1. The monoisotopic (exact) mass is 452 g/mol. The molecule has 166 valence electrons. The molecule has 0 radical (unpaired) electrons. The summed E-state index contributed by atoms with van der Waals surface area (Å²) in [5.41, 5.74) is 7.16. The van der Waals surface area contributed by atoms with Crippen LogP contribution in [0.1, 0.15) is 52.7 Å². The lowest BCUT2D eigenvalue weighted by atomic mass is 9.78. The van der Waals surface area contributed by atoms with E-state index in [0.29, 0.717) is 0 Å². The van der Waals surface area contributed by atoms with Crippen LogP contribution in [-0.4, -0.2) is 18.3 Å². The molecule has 4 aromatic rings. The quantitative estimate of drug-likeness (QED) is 0.300. The molecule has 0 saturated carbocycles. The van der Waals surface area contributed by atoms with Crippen molar-refractivity contribution in [1.82, 2.24) is 0 Å². The number of hydrogen-bond acceptors (Lipinski definition) is 3. The van der Waals surface area contributed by atoms with Gasteiger partial charge in [-0.05, 0) is 78.5 Å². The Morgan fingerprint density at radius 3 is 2.06 bits per heavy atom. The van der Waals surface area contributed by atoms with Crippen LogP contribution >= 0.6 is 11.3 Å². The van der Waals surface area contributed by atoms with Gasteiger partial charge in [-0.1, -0.05) is 68.4 Å². The van der Waals surface area contributed by atoms with Crippen LogP contribution in [0, 0.1) is 0 Å². The van der Waals surface area contributed by atoms with Crippen LogP contribution in [0.5, 0.6) is 0 Å². The lowest BCUT2D eigenvalue weighted by Gasteiger charge is -2.32. The Kier molecular flexibility index (Phi) is 4.37. The van der Waals surface area contributed by atoms with Crippen LogP contribution in [0.3, 0.4) is 0 Å². The standard InChI is InChI=1S/C29H29BO2S/c1-27(2)23-16-13-19(17-22(23)26-25(27)21-9-7-8-10-24(21)33-26)18-11-14-20(15-12-18)30-31-28(3,4)29(5,6)32-30/h7-17H,1-6H3. The Bertz CT molecular complexity index is 1380. The minimum Gasteiger partial charge on any atom is -0.399 e. The third-order valence-corrected chi connectivity index (χ3v) is 9.13. The van der Waals surface area contributed by atoms with Crippen LogP contribution in [0.2, 0.25) is 0 Å². The van der Waals surface area contributed by atoms with Gasteiger partial charge in [-0.3, -0.25) is 0 Å². The van der Waals surface area contributed by atoms with E-state index >= 15 is 0 Å². The lowest BCUT2D eigenvalue weighted by molar-refractivity contribution is 0.00578. The molecule has 0 spiro atoms. The molecular weight excluding hydrogens is 423 g/mol. The second kappa shape index (κ2) is 6.82. The second-order valence-electron chi connectivity index (χ2n) is 10.9. The van der Waals surface area contributed by atoms with Gasteiger partial charge >= 0.3 is 7.12 Å². The SMILES string of the molecule is CC1(C)c2ccc(-c3ccc(B4OC(C)(C)C(C)(C)O4)cc3)cc2-c2sc3ccccc3c21. The second-order valence-corrected chi connectivity index (χ2v) is 12.0. The van der Waals surface area contributed by atoms with Gasteiger partial charge in [0, 0.05) is 15.0 Å². The zero-order valence-electron chi connectivity index (χ0n) is 20.2. The van der Waals surface area contributed by atoms with Gasteiger partial charge in [-0.25, -0.2) is 0 Å². The number of fused-ring (bicyclic) bond motifs is 5. The predicted octanol–water partition coefficient (Wildman–Crippen LogP) is 7.17. The zero-order valence-corrected chi connectivity index (χ0v) is 21.0. The lowest BCUT2D eigenvalue weighted by Crippen LogP contribution is -2.41. The fourth-order valence-electron chi connectivity index (χ4n) is 5.26. The topological polar surface area (TPSA) is 18.5 Å². The fourth-order valence-corrected chi connectivity index (χ4v) is 6.65. The van der Waals surface area contributed by atoms with E-state index in [1.807, 2.05) is 11.3 Å². The molecule has 2 heterocycles. The molecular formula is C29H29BO2S. The Balaban J connectivity index is 1.37. The highest BCUT2D eigenvalue weighted by Crippen LogP contribution is 2.55. The molecule has 1 aromatic heterocycles. The highest BCUT2D eigenvalue weighted by molar-refractivity contribution is 7.22. The van der Waals surface area contributed by atoms with Crippen molar-refractivity contribution in [2.75, 3.05) is 0 Å². The van der Waals surface area contributed by atoms with Gasteiger partial charge in [0.15, 0.2) is 0 Å². The van der Waals surface area contributed by atoms with Crippen molar-refractivity contribution in [3.05, 3.63) is 77.9 Å². The van der Waals surface area contributed by atoms with Crippen molar-refractivity contribution in [3.8, 4) is 21.6 Å². The molecule has 4 heteroatoms. The van der Waals surface area contributed by atoms with Crippen LogP contribution in [0.25, 0.3) is 31.7 Å². The Labute approximate surface area is 200 Å². The van der Waals surface area contributed by atoms with Gasteiger partial charge in [0.05, 0.1) is 11.2 Å². The first-order valence-electron chi connectivity index (χ1n) is 11.7. The number of thiophene rings is 1. The Hall–Kier alpha value is -2.40. The van der Waals surface area contributed by atoms with Gasteiger partial charge in [0.2, 0.25) is 0 Å². The molecule has 0 bridgehead atoms. The largest absolute Gasteiger partial charge is 0.494 e. The van der Waals surface area contributed by atoms with Gasteiger partial charge < -0.3 is 9.31 Å². The summed E-state index contributed by atoms with van der Waals surface area (Å²) in [6.07, 6.45) is 0. The van der Waals surface area contributed by atoms with Crippen LogP contribution in [-0.2, 0) is 14.7 Å². The summed E-state index contributed by atoms with van der Waals surface area (Å²) in [5, 5.41) is 1.40. The van der Waals surface area contributed by atoms with Gasteiger partial charge in [0.1, 0.15) is 0 Å². The molecule has 2 aliphatic rings. The average molecular weight is 452 g/mol. The Morgan fingerprint density at radius 1 is 0.727 bits per heavy atom. The minimum absolute atomic E-state index is 0.0173. The van der Waals surface area contributed by atoms with E-state index in [4.69, 9.17) is 9.31 Å². The average Bonchev–Trinajstić information content (AvgIpc) is 3.34. The van der Waals surface area contributed by atoms with Gasteiger partial charge in [-0.2, -0.15) is 0 Å². The first-order chi connectivity index (χ1) is 15.6. The summed E-state index contributed by atoms with van der Waals surface area (Å²) in [6.45, 7) is 13.1. The van der Waals surface area contributed by atoms with Crippen LogP contribution in [0.15, 0.2) is 66.7 Å². The number of benzene rings is 3. The predicted molar refractivity (Wildman–Crippen MR) is 141 cm³/mol. The van der Waals surface area contributed by atoms with Gasteiger partial charge in [-0.15, -0.1) is 11.3 Å². The summed E-state index contributed by atoms with van der Waals surface area (Å²) in [6, 6.07) is 24.4. The van der Waals surface area contributed by atoms with E-state index in [-0.39, 0.29) is 23.7 Å². The number of rotatable bonds is 2. The molecule has 1 saturated heterocycles. The summed E-state index contributed by atoms with van der Waals surface area (Å²) in [7, 11) is -0.328. The zero-order chi connectivity index (χ0) is 23.2. The minimum atomic E-state index is -0.328. The highest BCUT2D eigenvalue weighted by Gasteiger charge is 2.51. The first-order valence-corrected chi connectivity index (χ1v) is 12.5. The van der Waals surface area contributed by atoms with E-state index in [2.05, 4.69) is 108 Å². The summed E-state index contributed by atoms with van der Waals surface area (Å²) in [4.78, 5) is 1.42. The third-order valence-electron chi connectivity index (χ3n) is 7.93. The maximum Gasteiger partial charge on any atom is 0.494 e. The van der Waals surface area contributed by atoms with Crippen molar-refractivity contribution in [1.29, 1.82) is 0 Å². The maximum absolute atomic E-state index is 6.23. The maximum atomic E-state index is 6.23. The molecule has 2 nitrogen and oxygen atoms in total. The van der Waals surface area contributed by atoms with Crippen molar-refractivity contribution in [3.63, 3.8) is 0 Å². The molecule has 0 atom stereocenters. The van der Waals surface area contributed by atoms with Crippen molar-refractivity contribution in [2.45, 2.75) is 58.2 Å². The van der Waals surface area contributed by atoms with E-state index in [9.17, 15) is 0 Å². The molecule has 0 N–H and O–H groups in total. The number of hydrogen-bond donors (Lipinski definition) is 0. The molecule has 6 rings (SSSR count). The summed E-state index contributed by atoms with van der Waals surface area (Å²) in [5.74, 6) is 0. The molecule has 1 fully saturated rings. The van der Waals surface area contributed by atoms with E-state index in [1.165, 1.54) is 42.8 Å². The van der Waals surface area contributed by atoms with Crippen molar-refractivity contribution >= 4 is 34.0 Å². The van der Waals surface area contributed by atoms with Crippen LogP contribution < -0.4 is 5.46 Å². The molecule has 0 amide bonds. The Morgan fingerprint density at radius 2 is 1.36 bits per heavy atom. The molecule has 1 aliphatic heterocycles. The normalized spacial score (nSPS) is 19.6. The van der Waals surface area contributed by atoms with E-state index in [1.54, 1.807) is 0 Å². The molecule has 0 unspecified atom stereocenters.